The molecule has 0 saturated carbocycles. The molecule has 19 heavy (non-hydrogen) atoms. The Bertz CT molecular complexity index is 452. The quantitative estimate of drug-likeness (QED) is 0.494. The number of thioether (sulfide) groups is 1. The Morgan fingerprint density at radius 3 is 2.32 bits per heavy atom. The Kier molecular flexibility index (Phi) is 7.67. The molecule has 0 fully saturated rings. The number of nitrogens with one attached hydrogen (secondary N) is 1. The van der Waals surface area contributed by atoms with Gasteiger partial charge in [0.05, 0.1) is 11.4 Å². The number of anilines is 1. The highest BCUT2D eigenvalue weighted by atomic mass is 127. The maximum atomic E-state index is 11.9. The van der Waals surface area contributed by atoms with Crippen molar-refractivity contribution in [2.45, 2.75) is 19.4 Å². The minimum Gasteiger partial charge on any atom is -0.325 e. The molecule has 1 rings (SSSR count). The summed E-state index contributed by atoms with van der Waals surface area (Å²) in [7, 11) is 0. The Morgan fingerprint density at radius 2 is 1.84 bits per heavy atom. The average Bonchev–Trinajstić information content (AvgIpc) is 2.21. The van der Waals surface area contributed by atoms with Crippen LogP contribution in [-0.2, 0) is 4.79 Å². The van der Waals surface area contributed by atoms with Gasteiger partial charge in [0.15, 0.2) is 0 Å². The topological polar surface area (TPSA) is 55.1 Å². The molecule has 0 spiro atoms. The molecular formula is C12H15I3N2OS. The average molecular weight is 616 g/mol. The molecule has 0 saturated heterocycles. The summed E-state index contributed by atoms with van der Waals surface area (Å²) in [6.45, 7) is 3.92. The number of hydrogen-bond acceptors (Lipinski definition) is 3. The van der Waals surface area contributed by atoms with E-state index in [4.69, 9.17) is 5.73 Å². The first-order valence-electron chi connectivity index (χ1n) is 5.50. The zero-order valence-corrected chi connectivity index (χ0v) is 17.9. The fourth-order valence-corrected chi connectivity index (χ4v) is 5.98. The van der Waals surface area contributed by atoms with Gasteiger partial charge in [-0.2, -0.15) is 11.8 Å². The second-order valence-corrected chi connectivity index (χ2v) is 9.33. The molecule has 0 aromatic heterocycles. The number of hydrogen-bond donors (Lipinski definition) is 2. The fraction of sp³-hybridized carbons (Fsp3) is 0.417. The molecule has 0 aliphatic heterocycles. The Morgan fingerprint density at radius 1 is 1.32 bits per heavy atom. The lowest BCUT2D eigenvalue weighted by Crippen LogP contribution is -2.35. The van der Waals surface area contributed by atoms with Gasteiger partial charge in [0.25, 0.3) is 0 Å². The van der Waals surface area contributed by atoms with E-state index < -0.39 is 0 Å². The Hall–Kier alpha value is 1.19. The summed E-state index contributed by atoms with van der Waals surface area (Å²) >= 11 is 8.32. The van der Waals surface area contributed by atoms with E-state index in [1.54, 1.807) is 11.8 Å². The van der Waals surface area contributed by atoms with Crippen LogP contribution in [0, 0.1) is 10.7 Å². The lowest BCUT2D eigenvalue weighted by Gasteiger charge is -2.17. The van der Waals surface area contributed by atoms with Gasteiger partial charge in [-0.05, 0) is 93.8 Å². The van der Waals surface area contributed by atoms with Gasteiger partial charge < -0.3 is 11.1 Å². The standard InChI is InChI=1S/C12H15I3N2OS/c1-12(2,16)6-19-5-10(18)17-11-8(14)3-7(13)4-9(11)15/h3-4H,5-6,16H2,1-2H3,(H,17,18). The fourth-order valence-electron chi connectivity index (χ4n) is 1.24. The number of carbonyl (C=O) groups excluding carboxylic acids is 1. The van der Waals surface area contributed by atoms with Crippen LogP contribution in [0.5, 0.6) is 0 Å². The van der Waals surface area contributed by atoms with Crippen LogP contribution in [0.15, 0.2) is 12.1 Å². The number of nitrogens with two attached hydrogens (primary N) is 1. The van der Waals surface area contributed by atoms with Crippen molar-refractivity contribution in [3.8, 4) is 0 Å². The van der Waals surface area contributed by atoms with Crippen molar-refractivity contribution < 1.29 is 4.79 Å². The second kappa shape index (κ2) is 7.99. The maximum absolute atomic E-state index is 11.9. The number of carbonyl (C=O) groups is 1. The van der Waals surface area contributed by atoms with Crippen molar-refractivity contribution in [1.82, 2.24) is 0 Å². The summed E-state index contributed by atoms with van der Waals surface area (Å²) in [6, 6.07) is 4.10. The third-order valence-corrected chi connectivity index (χ3v) is 5.72. The molecule has 0 atom stereocenters. The van der Waals surface area contributed by atoms with E-state index in [0.717, 1.165) is 18.6 Å². The van der Waals surface area contributed by atoms with Gasteiger partial charge in [-0.3, -0.25) is 4.79 Å². The zero-order valence-electron chi connectivity index (χ0n) is 10.6. The van der Waals surface area contributed by atoms with Crippen molar-refractivity contribution >= 4 is 91.1 Å². The summed E-state index contributed by atoms with van der Waals surface area (Å²) in [4.78, 5) is 11.9. The Labute approximate surface area is 159 Å². The largest absolute Gasteiger partial charge is 0.325 e. The van der Waals surface area contributed by atoms with E-state index in [1.165, 1.54) is 3.57 Å². The highest BCUT2D eigenvalue weighted by Crippen LogP contribution is 2.27. The van der Waals surface area contributed by atoms with Crippen LogP contribution in [0.25, 0.3) is 0 Å². The van der Waals surface area contributed by atoms with Gasteiger partial charge in [0, 0.05) is 22.0 Å². The summed E-state index contributed by atoms with van der Waals surface area (Å²) in [5.74, 6) is 1.21. The first kappa shape index (κ1) is 18.2. The number of benzene rings is 1. The van der Waals surface area contributed by atoms with E-state index in [1.807, 2.05) is 13.8 Å². The van der Waals surface area contributed by atoms with Gasteiger partial charge in [0.1, 0.15) is 0 Å². The van der Waals surface area contributed by atoms with Gasteiger partial charge >= 0.3 is 0 Å². The summed E-state index contributed by atoms with van der Waals surface area (Å²) in [6.07, 6.45) is 0. The van der Waals surface area contributed by atoms with Gasteiger partial charge in [-0.15, -0.1) is 0 Å². The highest BCUT2D eigenvalue weighted by molar-refractivity contribution is 14.1. The van der Waals surface area contributed by atoms with Crippen molar-refractivity contribution in [2.75, 3.05) is 16.8 Å². The molecule has 3 N–H and O–H groups in total. The zero-order chi connectivity index (χ0) is 14.6. The van der Waals surface area contributed by atoms with Gasteiger partial charge in [-0.1, -0.05) is 0 Å². The van der Waals surface area contributed by atoms with Crippen LogP contribution in [0.4, 0.5) is 5.69 Å². The van der Waals surface area contributed by atoms with Crippen LogP contribution in [0.1, 0.15) is 13.8 Å². The molecule has 1 aromatic carbocycles. The molecular weight excluding hydrogens is 601 g/mol. The van der Waals surface area contributed by atoms with E-state index >= 15 is 0 Å². The molecule has 1 amide bonds. The molecule has 0 radical (unpaired) electrons. The third kappa shape index (κ3) is 7.14. The molecule has 106 valence electrons. The van der Waals surface area contributed by atoms with Crippen molar-refractivity contribution in [3.63, 3.8) is 0 Å². The van der Waals surface area contributed by atoms with Crippen LogP contribution in [0.2, 0.25) is 0 Å². The minimum atomic E-state index is -0.239. The van der Waals surface area contributed by atoms with Crippen molar-refractivity contribution in [3.05, 3.63) is 22.8 Å². The van der Waals surface area contributed by atoms with Crippen molar-refractivity contribution in [2.24, 2.45) is 5.73 Å². The lowest BCUT2D eigenvalue weighted by atomic mass is 10.1. The monoisotopic (exact) mass is 616 g/mol. The smallest absolute Gasteiger partial charge is 0.234 e. The van der Waals surface area contributed by atoms with Crippen LogP contribution >= 0.6 is 79.5 Å². The number of amides is 1. The predicted octanol–water partition coefficient (Wildman–Crippen LogP) is 3.91. The first-order chi connectivity index (χ1) is 8.69. The van der Waals surface area contributed by atoms with Crippen LogP contribution in [0.3, 0.4) is 0 Å². The van der Waals surface area contributed by atoms with Crippen LogP contribution < -0.4 is 11.1 Å². The van der Waals surface area contributed by atoms with E-state index in [0.29, 0.717) is 5.75 Å². The predicted molar refractivity (Wildman–Crippen MR) is 109 cm³/mol. The molecule has 0 aliphatic carbocycles. The highest BCUT2D eigenvalue weighted by Gasteiger charge is 2.14. The number of halogens is 3. The molecule has 7 heteroatoms. The van der Waals surface area contributed by atoms with E-state index in [2.05, 4.69) is 85.2 Å². The molecule has 3 nitrogen and oxygen atoms in total. The summed E-state index contributed by atoms with van der Waals surface area (Å²) < 4.78 is 3.29. The normalized spacial score (nSPS) is 11.5. The number of rotatable bonds is 5. The lowest BCUT2D eigenvalue weighted by molar-refractivity contribution is -0.113. The minimum absolute atomic E-state index is 0.0197. The van der Waals surface area contributed by atoms with E-state index in [9.17, 15) is 4.79 Å². The molecule has 0 aliphatic rings. The molecule has 1 aromatic rings. The molecule has 0 heterocycles. The van der Waals surface area contributed by atoms with Gasteiger partial charge in [0.2, 0.25) is 5.91 Å². The first-order valence-corrected chi connectivity index (χ1v) is 9.89. The molecule has 0 unspecified atom stereocenters. The third-order valence-electron chi connectivity index (χ3n) is 1.98. The van der Waals surface area contributed by atoms with E-state index in [-0.39, 0.29) is 11.4 Å². The summed E-state index contributed by atoms with van der Waals surface area (Å²) in [5.41, 5.74) is 6.55. The second-order valence-electron chi connectivity index (χ2n) is 4.77. The SMILES string of the molecule is CC(C)(N)CSCC(=O)Nc1c(I)cc(I)cc1I. The Balaban J connectivity index is 2.58. The van der Waals surface area contributed by atoms with Crippen LogP contribution in [-0.4, -0.2) is 23.0 Å². The van der Waals surface area contributed by atoms with Crippen molar-refractivity contribution in [1.29, 1.82) is 0 Å². The summed E-state index contributed by atoms with van der Waals surface area (Å²) in [5, 5.41) is 2.97. The molecule has 0 bridgehead atoms. The maximum Gasteiger partial charge on any atom is 0.234 e. The van der Waals surface area contributed by atoms with Gasteiger partial charge in [-0.25, -0.2) is 0 Å².